The Balaban J connectivity index is 1.32. The van der Waals surface area contributed by atoms with E-state index in [2.05, 4.69) is 43.0 Å². The highest BCUT2D eigenvalue weighted by atomic mass is 32.1. The Bertz CT molecular complexity index is 860. The van der Waals surface area contributed by atoms with Crippen LogP contribution in [0.15, 0.2) is 35.8 Å². The van der Waals surface area contributed by atoms with Crippen molar-refractivity contribution in [3.63, 3.8) is 0 Å². The Kier molecular flexibility index (Phi) is 4.75. The standard InChI is InChI=1S/C18H22N6OS/c1-2-24-10-7-14(22-24)18(25)19-13-5-8-23(9-6-13)17-12-15(20-21-17)16-4-3-11-26-16/h3-4,7,10-13H,2,5-6,8-9H2,1H3,(H,19,25)(H,20,21). The molecule has 3 aromatic rings. The summed E-state index contributed by atoms with van der Waals surface area (Å²) in [4.78, 5) is 15.8. The maximum atomic E-state index is 12.3. The monoisotopic (exact) mass is 370 g/mol. The Morgan fingerprint density at radius 1 is 1.38 bits per heavy atom. The van der Waals surface area contributed by atoms with Crippen LogP contribution in [0.2, 0.25) is 0 Å². The van der Waals surface area contributed by atoms with E-state index in [1.54, 1.807) is 22.1 Å². The first-order valence-electron chi connectivity index (χ1n) is 8.91. The first-order chi connectivity index (χ1) is 12.7. The molecular formula is C18H22N6OS. The number of aromatic amines is 1. The lowest BCUT2D eigenvalue weighted by Gasteiger charge is -2.32. The van der Waals surface area contributed by atoms with E-state index >= 15 is 0 Å². The molecule has 4 heterocycles. The van der Waals surface area contributed by atoms with Crippen molar-refractivity contribution in [2.75, 3.05) is 18.0 Å². The minimum absolute atomic E-state index is 0.0876. The zero-order chi connectivity index (χ0) is 17.9. The van der Waals surface area contributed by atoms with E-state index in [0.29, 0.717) is 5.69 Å². The number of hydrogen-bond donors (Lipinski definition) is 2. The maximum Gasteiger partial charge on any atom is 0.271 e. The summed E-state index contributed by atoms with van der Waals surface area (Å²) in [6.07, 6.45) is 3.64. The van der Waals surface area contributed by atoms with E-state index in [1.807, 2.05) is 19.2 Å². The second-order valence-corrected chi connectivity index (χ2v) is 7.36. The van der Waals surface area contributed by atoms with Crippen LogP contribution in [0, 0.1) is 0 Å². The lowest BCUT2D eigenvalue weighted by Crippen LogP contribution is -2.45. The van der Waals surface area contributed by atoms with Crippen LogP contribution >= 0.6 is 11.3 Å². The van der Waals surface area contributed by atoms with Crippen molar-refractivity contribution in [2.45, 2.75) is 32.4 Å². The molecule has 1 saturated heterocycles. The minimum Gasteiger partial charge on any atom is -0.355 e. The van der Waals surface area contributed by atoms with Crippen molar-refractivity contribution in [2.24, 2.45) is 0 Å². The fourth-order valence-corrected chi connectivity index (χ4v) is 3.89. The molecule has 0 atom stereocenters. The van der Waals surface area contributed by atoms with Gasteiger partial charge in [-0.25, -0.2) is 0 Å². The quantitative estimate of drug-likeness (QED) is 0.724. The van der Waals surface area contributed by atoms with Crippen molar-refractivity contribution < 1.29 is 4.79 Å². The number of nitrogens with one attached hydrogen (secondary N) is 2. The molecule has 0 unspecified atom stereocenters. The fourth-order valence-electron chi connectivity index (χ4n) is 3.20. The molecule has 0 aromatic carbocycles. The summed E-state index contributed by atoms with van der Waals surface area (Å²) in [7, 11) is 0. The van der Waals surface area contributed by atoms with Gasteiger partial charge in [0.25, 0.3) is 5.91 Å². The van der Waals surface area contributed by atoms with Gasteiger partial charge in [0.2, 0.25) is 0 Å². The third-order valence-electron chi connectivity index (χ3n) is 4.70. The topological polar surface area (TPSA) is 78.8 Å². The summed E-state index contributed by atoms with van der Waals surface area (Å²) in [5.41, 5.74) is 1.54. The first-order valence-corrected chi connectivity index (χ1v) is 9.79. The molecule has 1 amide bonds. The number of thiophene rings is 1. The molecule has 0 radical (unpaired) electrons. The minimum atomic E-state index is -0.0876. The van der Waals surface area contributed by atoms with Gasteiger partial charge >= 0.3 is 0 Å². The first kappa shape index (κ1) is 16.8. The van der Waals surface area contributed by atoms with Crippen LogP contribution in [0.4, 0.5) is 5.82 Å². The molecule has 3 aromatic heterocycles. The van der Waals surface area contributed by atoms with Crippen molar-refractivity contribution >= 4 is 23.1 Å². The summed E-state index contributed by atoms with van der Waals surface area (Å²) < 4.78 is 1.76. The van der Waals surface area contributed by atoms with E-state index in [0.717, 1.165) is 44.0 Å². The highest BCUT2D eigenvalue weighted by Crippen LogP contribution is 2.27. The smallest absolute Gasteiger partial charge is 0.271 e. The Morgan fingerprint density at radius 3 is 2.92 bits per heavy atom. The zero-order valence-corrected chi connectivity index (χ0v) is 15.5. The van der Waals surface area contributed by atoms with Gasteiger partial charge in [0.1, 0.15) is 5.69 Å². The van der Waals surface area contributed by atoms with Gasteiger partial charge in [0.15, 0.2) is 5.82 Å². The molecule has 0 bridgehead atoms. The van der Waals surface area contributed by atoms with Gasteiger partial charge in [0, 0.05) is 37.9 Å². The molecule has 2 N–H and O–H groups in total. The predicted octanol–water partition coefficient (Wildman–Crippen LogP) is 2.75. The number of amides is 1. The molecule has 0 spiro atoms. The number of piperidine rings is 1. The molecule has 0 aliphatic carbocycles. The molecule has 0 saturated carbocycles. The third kappa shape index (κ3) is 3.50. The second-order valence-electron chi connectivity index (χ2n) is 6.41. The van der Waals surface area contributed by atoms with Crippen LogP contribution in [0.3, 0.4) is 0 Å². The van der Waals surface area contributed by atoms with E-state index in [4.69, 9.17) is 0 Å². The SMILES string of the molecule is CCn1ccc(C(=O)NC2CCN(c3cc(-c4cccs4)[nH]n3)CC2)n1. The number of hydrogen-bond acceptors (Lipinski definition) is 5. The van der Waals surface area contributed by atoms with Crippen LogP contribution in [-0.4, -0.2) is 45.0 Å². The van der Waals surface area contributed by atoms with Crippen LogP contribution in [0.25, 0.3) is 10.6 Å². The van der Waals surface area contributed by atoms with Crippen molar-refractivity contribution in [1.29, 1.82) is 0 Å². The summed E-state index contributed by atoms with van der Waals surface area (Å²) in [5.74, 6) is 0.885. The summed E-state index contributed by atoms with van der Waals surface area (Å²) >= 11 is 1.70. The van der Waals surface area contributed by atoms with Gasteiger partial charge < -0.3 is 10.2 Å². The number of carbonyl (C=O) groups excluding carboxylic acids is 1. The van der Waals surface area contributed by atoms with Crippen LogP contribution in [0.1, 0.15) is 30.3 Å². The number of carbonyl (C=O) groups is 1. The highest BCUT2D eigenvalue weighted by molar-refractivity contribution is 7.13. The van der Waals surface area contributed by atoms with Gasteiger partial charge in [-0.3, -0.25) is 14.6 Å². The Hall–Kier alpha value is -2.61. The predicted molar refractivity (Wildman–Crippen MR) is 103 cm³/mol. The van der Waals surface area contributed by atoms with Crippen LogP contribution in [-0.2, 0) is 6.54 Å². The second kappa shape index (κ2) is 7.33. The van der Waals surface area contributed by atoms with Crippen molar-refractivity contribution in [3.8, 4) is 10.6 Å². The normalized spacial score (nSPS) is 15.3. The zero-order valence-electron chi connectivity index (χ0n) is 14.7. The molecule has 1 aliphatic heterocycles. The number of aromatic nitrogens is 4. The number of aryl methyl sites for hydroxylation is 1. The van der Waals surface area contributed by atoms with Crippen molar-refractivity contribution in [1.82, 2.24) is 25.3 Å². The molecule has 4 rings (SSSR count). The average Bonchev–Trinajstić information content (AvgIpc) is 3.42. The van der Waals surface area contributed by atoms with E-state index in [9.17, 15) is 4.79 Å². The van der Waals surface area contributed by atoms with Gasteiger partial charge in [-0.05, 0) is 37.3 Å². The summed E-state index contributed by atoms with van der Waals surface area (Å²) in [6, 6.07) is 8.18. The number of rotatable bonds is 5. The molecule has 136 valence electrons. The number of H-pyrrole nitrogens is 1. The van der Waals surface area contributed by atoms with E-state index in [1.165, 1.54) is 4.88 Å². The lowest BCUT2D eigenvalue weighted by atomic mass is 10.0. The molecule has 1 aliphatic rings. The maximum absolute atomic E-state index is 12.3. The third-order valence-corrected chi connectivity index (χ3v) is 5.61. The van der Waals surface area contributed by atoms with Crippen molar-refractivity contribution in [3.05, 3.63) is 41.5 Å². The number of nitrogens with zero attached hydrogens (tertiary/aromatic N) is 4. The summed E-state index contributed by atoms with van der Waals surface area (Å²) in [5, 5.41) is 17.0. The highest BCUT2D eigenvalue weighted by Gasteiger charge is 2.23. The van der Waals surface area contributed by atoms with E-state index in [-0.39, 0.29) is 11.9 Å². The molecular weight excluding hydrogens is 348 g/mol. The van der Waals surface area contributed by atoms with Gasteiger partial charge in [-0.1, -0.05) is 6.07 Å². The fraction of sp³-hybridized carbons (Fsp3) is 0.389. The van der Waals surface area contributed by atoms with Crippen LogP contribution in [0.5, 0.6) is 0 Å². The summed E-state index contributed by atoms with van der Waals surface area (Å²) in [6.45, 7) is 4.53. The van der Waals surface area contributed by atoms with Gasteiger partial charge in [0.05, 0.1) is 10.6 Å². The molecule has 1 fully saturated rings. The largest absolute Gasteiger partial charge is 0.355 e. The number of anilines is 1. The Labute approximate surface area is 156 Å². The molecule has 26 heavy (non-hydrogen) atoms. The molecule has 8 heteroatoms. The Morgan fingerprint density at radius 2 is 2.23 bits per heavy atom. The van der Waals surface area contributed by atoms with Gasteiger partial charge in [-0.15, -0.1) is 11.3 Å². The lowest BCUT2D eigenvalue weighted by molar-refractivity contribution is 0.0925. The van der Waals surface area contributed by atoms with E-state index < -0.39 is 0 Å². The average molecular weight is 370 g/mol. The van der Waals surface area contributed by atoms with Gasteiger partial charge in [-0.2, -0.15) is 10.2 Å². The van der Waals surface area contributed by atoms with Crippen LogP contribution < -0.4 is 10.2 Å². The molecule has 7 nitrogen and oxygen atoms in total.